The number of likely N-dealkylation sites (N-methyl/N-ethyl adjacent to an activating group) is 1. The highest BCUT2D eigenvalue weighted by molar-refractivity contribution is 6.42. The maximum absolute atomic E-state index is 12.1. The number of amides is 2. The number of hydrogen-bond donors (Lipinski definition) is 1. The number of nitrogens with zero attached hydrogens (tertiary/aromatic N) is 1. The standard InChI is InChI=1S/C18H18Cl2N2O3/c1-12-6-8-13(9-7-12)21-16(23)10-22(2)17(24)11-25-15-5-3-4-14(19)18(15)20/h3-9H,10-11H2,1-2H3,(H,21,23). The third kappa shape index (κ3) is 5.66. The fraction of sp³-hybridized carbons (Fsp3) is 0.222. The number of ether oxygens (including phenoxy) is 1. The Hall–Kier alpha value is -2.24. The maximum atomic E-state index is 12.1. The number of hydrogen-bond acceptors (Lipinski definition) is 3. The fourth-order valence-corrected chi connectivity index (χ4v) is 2.33. The number of carbonyl (C=O) groups is 2. The van der Waals surface area contributed by atoms with Gasteiger partial charge in [0.1, 0.15) is 10.8 Å². The van der Waals surface area contributed by atoms with Gasteiger partial charge >= 0.3 is 0 Å². The molecule has 2 amide bonds. The third-order valence-electron chi connectivity index (χ3n) is 3.41. The summed E-state index contributed by atoms with van der Waals surface area (Å²) in [4.78, 5) is 25.4. The second kappa shape index (κ2) is 8.74. The van der Waals surface area contributed by atoms with Crippen LogP contribution in [-0.4, -0.2) is 36.9 Å². The molecule has 2 aromatic carbocycles. The molecule has 0 spiro atoms. The quantitative estimate of drug-likeness (QED) is 0.829. The monoisotopic (exact) mass is 380 g/mol. The first kappa shape index (κ1) is 19.1. The van der Waals surface area contributed by atoms with Crippen LogP contribution in [0.15, 0.2) is 42.5 Å². The SMILES string of the molecule is Cc1ccc(NC(=O)CN(C)C(=O)COc2cccc(Cl)c2Cl)cc1. The number of aryl methyl sites for hydroxylation is 1. The lowest BCUT2D eigenvalue weighted by Crippen LogP contribution is -2.37. The summed E-state index contributed by atoms with van der Waals surface area (Å²) >= 11 is 11.9. The summed E-state index contributed by atoms with van der Waals surface area (Å²) in [7, 11) is 1.53. The second-order valence-corrected chi connectivity index (χ2v) is 6.29. The van der Waals surface area contributed by atoms with Crippen LogP contribution in [0.4, 0.5) is 5.69 Å². The lowest BCUT2D eigenvalue weighted by molar-refractivity contribution is -0.135. The Morgan fingerprint density at radius 3 is 2.48 bits per heavy atom. The van der Waals surface area contributed by atoms with E-state index in [0.717, 1.165) is 5.56 Å². The molecule has 5 nitrogen and oxygen atoms in total. The summed E-state index contributed by atoms with van der Waals surface area (Å²) in [6.07, 6.45) is 0. The van der Waals surface area contributed by atoms with Crippen LogP contribution in [0, 0.1) is 6.92 Å². The van der Waals surface area contributed by atoms with Crippen molar-refractivity contribution < 1.29 is 14.3 Å². The van der Waals surface area contributed by atoms with Crippen LogP contribution in [0.3, 0.4) is 0 Å². The van der Waals surface area contributed by atoms with Gasteiger partial charge < -0.3 is 15.0 Å². The molecular weight excluding hydrogens is 363 g/mol. The van der Waals surface area contributed by atoms with Crippen LogP contribution in [0.2, 0.25) is 10.0 Å². The molecule has 0 heterocycles. The topological polar surface area (TPSA) is 58.6 Å². The Kier molecular flexibility index (Phi) is 6.67. The number of carbonyl (C=O) groups excluding carboxylic acids is 2. The lowest BCUT2D eigenvalue weighted by Gasteiger charge is -2.17. The number of anilines is 1. The zero-order valence-corrected chi connectivity index (χ0v) is 15.4. The molecule has 7 heteroatoms. The molecule has 0 saturated carbocycles. The average Bonchev–Trinajstić information content (AvgIpc) is 2.58. The van der Waals surface area contributed by atoms with Crippen molar-refractivity contribution in [1.82, 2.24) is 4.90 Å². The summed E-state index contributed by atoms with van der Waals surface area (Å²) in [5.74, 6) is -0.324. The average molecular weight is 381 g/mol. The van der Waals surface area contributed by atoms with Gasteiger partial charge in [-0.05, 0) is 31.2 Å². The molecule has 0 saturated heterocycles. The zero-order chi connectivity index (χ0) is 18.4. The van der Waals surface area contributed by atoms with Crippen molar-refractivity contribution in [1.29, 1.82) is 0 Å². The lowest BCUT2D eigenvalue weighted by atomic mass is 10.2. The number of benzene rings is 2. The number of halogens is 2. The van der Waals surface area contributed by atoms with E-state index < -0.39 is 0 Å². The predicted molar refractivity (Wildman–Crippen MR) is 99.4 cm³/mol. The summed E-state index contributed by atoms with van der Waals surface area (Å²) in [6, 6.07) is 12.3. The van der Waals surface area contributed by atoms with Crippen molar-refractivity contribution in [2.24, 2.45) is 0 Å². The first-order valence-electron chi connectivity index (χ1n) is 7.54. The van der Waals surface area contributed by atoms with Crippen molar-refractivity contribution >= 4 is 40.7 Å². The molecule has 2 rings (SSSR count). The normalized spacial score (nSPS) is 10.2. The van der Waals surface area contributed by atoms with Gasteiger partial charge in [0.05, 0.1) is 11.6 Å². The first-order chi connectivity index (χ1) is 11.9. The minimum absolute atomic E-state index is 0.0840. The van der Waals surface area contributed by atoms with E-state index >= 15 is 0 Å². The van der Waals surface area contributed by atoms with Crippen molar-refractivity contribution in [2.75, 3.05) is 25.5 Å². The Balaban J connectivity index is 1.84. The van der Waals surface area contributed by atoms with Crippen LogP contribution in [-0.2, 0) is 9.59 Å². The third-order valence-corrected chi connectivity index (χ3v) is 4.21. The van der Waals surface area contributed by atoms with Crippen molar-refractivity contribution in [2.45, 2.75) is 6.92 Å². The Morgan fingerprint density at radius 1 is 1.12 bits per heavy atom. The number of rotatable bonds is 6. The molecular formula is C18H18Cl2N2O3. The van der Waals surface area contributed by atoms with Gasteiger partial charge in [0.15, 0.2) is 6.61 Å². The molecule has 0 radical (unpaired) electrons. The molecule has 0 aliphatic carbocycles. The highest BCUT2D eigenvalue weighted by Gasteiger charge is 2.15. The smallest absolute Gasteiger partial charge is 0.260 e. The van der Waals surface area contributed by atoms with Gasteiger partial charge in [0, 0.05) is 12.7 Å². The fourth-order valence-electron chi connectivity index (χ4n) is 1.99. The number of nitrogens with one attached hydrogen (secondary N) is 1. The Bertz CT molecular complexity index is 763. The first-order valence-corrected chi connectivity index (χ1v) is 8.29. The van der Waals surface area contributed by atoms with E-state index in [-0.39, 0.29) is 30.0 Å². The van der Waals surface area contributed by atoms with E-state index in [0.29, 0.717) is 16.5 Å². The van der Waals surface area contributed by atoms with Crippen molar-refractivity contribution in [3.63, 3.8) is 0 Å². The van der Waals surface area contributed by atoms with Crippen LogP contribution < -0.4 is 10.1 Å². The van der Waals surface area contributed by atoms with E-state index in [4.69, 9.17) is 27.9 Å². The van der Waals surface area contributed by atoms with Crippen molar-refractivity contribution in [3.8, 4) is 5.75 Å². The summed E-state index contributed by atoms with van der Waals surface area (Å²) in [6.45, 7) is 1.64. The minimum atomic E-state index is -0.352. The van der Waals surface area contributed by atoms with Gasteiger partial charge in [-0.3, -0.25) is 9.59 Å². The molecule has 0 unspecified atom stereocenters. The van der Waals surface area contributed by atoms with Gasteiger partial charge in [-0.2, -0.15) is 0 Å². The second-order valence-electron chi connectivity index (χ2n) is 5.50. The largest absolute Gasteiger partial charge is 0.482 e. The van der Waals surface area contributed by atoms with Crippen molar-refractivity contribution in [3.05, 3.63) is 58.1 Å². The summed E-state index contributed by atoms with van der Waals surface area (Å²) in [5, 5.41) is 3.32. The molecule has 0 atom stereocenters. The van der Waals surface area contributed by atoms with Gasteiger partial charge in [-0.1, -0.05) is 47.0 Å². The zero-order valence-electron chi connectivity index (χ0n) is 13.9. The molecule has 132 valence electrons. The van der Waals surface area contributed by atoms with E-state index in [1.54, 1.807) is 30.3 Å². The molecule has 0 bridgehead atoms. The Morgan fingerprint density at radius 2 is 1.80 bits per heavy atom. The minimum Gasteiger partial charge on any atom is -0.482 e. The molecule has 2 aromatic rings. The molecule has 0 aliphatic rings. The summed E-state index contributed by atoms with van der Waals surface area (Å²) in [5.41, 5.74) is 1.78. The van der Waals surface area contributed by atoms with E-state index in [2.05, 4.69) is 5.32 Å². The van der Waals surface area contributed by atoms with Gasteiger partial charge in [0.2, 0.25) is 5.91 Å². The van der Waals surface area contributed by atoms with Gasteiger partial charge in [-0.25, -0.2) is 0 Å². The molecule has 0 aliphatic heterocycles. The maximum Gasteiger partial charge on any atom is 0.260 e. The van der Waals surface area contributed by atoms with E-state index in [1.807, 2.05) is 19.1 Å². The van der Waals surface area contributed by atoms with E-state index in [9.17, 15) is 9.59 Å². The summed E-state index contributed by atoms with van der Waals surface area (Å²) < 4.78 is 5.37. The Labute approximate surface area is 156 Å². The van der Waals surface area contributed by atoms with Crippen LogP contribution in [0.5, 0.6) is 5.75 Å². The van der Waals surface area contributed by atoms with Gasteiger partial charge in [0.25, 0.3) is 5.91 Å². The molecule has 25 heavy (non-hydrogen) atoms. The van der Waals surface area contributed by atoms with Crippen LogP contribution >= 0.6 is 23.2 Å². The highest BCUT2D eigenvalue weighted by atomic mass is 35.5. The van der Waals surface area contributed by atoms with E-state index in [1.165, 1.54) is 11.9 Å². The van der Waals surface area contributed by atoms with Gasteiger partial charge in [-0.15, -0.1) is 0 Å². The molecule has 0 aromatic heterocycles. The van der Waals surface area contributed by atoms with Crippen LogP contribution in [0.1, 0.15) is 5.56 Å². The van der Waals surface area contributed by atoms with Crippen LogP contribution in [0.25, 0.3) is 0 Å². The predicted octanol–water partition coefficient (Wildman–Crippen LogP) is 3.78. The highest BCUT2D eigenvalue weighted by Crippen LogP contribution is 2.31. The molecule has 0 fully saturated rings. The molecule has 1 N–H and O–H groups in total.